The van der Waals surface area contributed by atoms with E-state index in [2.05, 4.69) is 18.8 Å². The molecule has 0 amide bonds. The third kappa shape index (κ3) is 2.88. The third-order valence-corrected chi connectivity index (χ3v) is 2.79. The quantitative estimate of drug-likeness (QED) is 0.756. The minimum atomic E-state index is -0.0106. The predicted octanol–water partition coefficient (Wildman–Crippen LogP) is 2.90. The van der Waals surface area contributed by atoms with Crippen LogP contribution in [0.4, 0.5) is 0 Å². The van der Waals surface area contributed by atoms with E-state index in [1.54, 1.807) is 6.92 Å². The van der Waals surface area contributed by atoms with Crippen molar-refractivity contribution in [2.24, 2.45) is 0 Å². The van der Waals surface area contributed by atoms with E-state index in [0.717, 1.165) is 29.8 Å². The fourth-order valence-electron chi connectivity index (χ4n) is 1.52. The first-order valence-corrected chi connectivity index (χ1v) is 5.58. The molecule has 0 aromatic carbocycles. The van der Waals surface area contributed by atoms with Crippen molar-refractivity contribution in [1.82, 2.24) is 4.98 Å². The van der Waals surface area contributed by atoms with Crippen LogP contribution in [-0.2, 0) is 17.6 Å². The molecule has 0 saturated heterocycles. The zero-order chi connectivity index (χ0) is 11.4. The monoisotopic (exact) mass is 205 g/mol. The van der Waals surface area contributed by atoms with Crippen LogP contribution < -0.4 is 0 Å². The molecule has 15 heavy (non-hydrogen) atoms. The van der Waals surface area contributed by atoms with Crippen LogP contribution in [0.5, 0.6) is 0 Å². The van der Waals surface area contributed by atoms with Crippen LogP contribution in [0.25, 0.3) is 0 Å². The molecule has 1 unspecified atom stereocenters. The van der Waals surface area contributed by atoms with Crippen LogP contribution in [0.2, 0.25) is 0 Å². The van der Waals surface area contributed by atoms with Gasteiger partial charge in [0.25, 0.3) is 0 Å². The lowest BCUT2D eigenvalue weighted by Gasteiger charge is -2.11. The summed E-state index contributed by atoms with van der Waals surface area (Å²) in [7, 11) is 0. The molecule has 1 aromatic heterocycles. The van der Waals surface area contributed by atoms with Gasteiger partial charge in [-0.1, -0.05) is 20.8 Å². The Labute approximate surface area is 91.7 Å². The molecule has 1 heterocycles. The van der Waals surface area contributed by atoms with Gasteiger partial charge in [-0.05, 0) is 37.5 Å². The summed E-state index contributed by atoms with van der Waals surface area (Å²) in [5, 5.41) is 0. The minimum Gasteiger partial charge on any atom is -0.299 e. The fourth-order valence-corrected chi connectivity index (χ4v) is 1.52. The molecule has 0 bridgehead atoms. The van der Waals surface area contributed by atoms with Gasteiger partial charge in [0.2, 0.25) is 0 Å². The number of hydrogen-bond donors (Lipinski definition) is 0. The number of Topliss-reactive ketones (excluding diaryl/α,β-unsaturated/α-hetero) is 1. The van der Waals surface area contributed by atoms with Crippen LogP contribution in [-0.4, -0.2) is 10.8 Å². The Hall–Kier alpha value is -1.18. The largest absolute Gasteiger partial charge is 0.299 e. The summed E-state index contributed by atoms with van der Waals surface area (Å²) < 4.78 is 0. The van der Waals surface area contributed by atoms with E-state index in [4.69, 9.17) is 0 Å². The Kier molecular flexibility index (Phi) is 4.01. The highest BCUT2D eigenvalue weighted by Crippen LogP contribution is 2.18. The van der Waals surface area contributed by atoms with Crippen molar-refractivity contribution >= 4 is 5.78 Å². The Bertz CT molecular complexity index is 335. The van der Waals surface area contributed by atoms with Gasteiger partial charge in [-0.15, -0.1) is 0 Å². The van der Waals surface area contributed by atoms with E-state index in [9.17, 15) is 4.79 Å². The van der Waals surface area contributed by atoms with E-state index in [0.29, 0.717) is 0 Å². The third-order valence-electron chi connectivity index (χ3n) is 2.79. The van der Waals surface area contributed by atoms with Gasteiger partial charge in [-0.2, -0.15) is 0 Å². The summed E-state index contributed by atoms with van der Waals surface area (Å²) in [6, 6.07) is 4.09. The first-order valence-electron chi connectivity index (χ1n) is 5.58. The second-order valence-corrected chi connectivity index (χ2v) is 3.92. The van der Waals surface area contributed by atoms with Gasteiger partial charge < -0.3 is 0 Å². The molecule has 1 rings (SSSR count). The fraction of sp³-hybridized carbons (Fsp3) is 0.538. The number of pyridine rings is 1. The Balaban J connectivity index is 3.11. The molecule has 0 N–H and O–H groups in total. The second-order valence-electron chi connectivity index (χ2n) is 3.92. The van der Waals surface area contributed by atoms with Crippen molar-refractivity contribution in [2.75, 3.05) is 0 Å². The van der Waals surface area contributed by atoms with Crippen molar-refractivity contribution in [2.45, 2.75) is 46.5 Å². The molecular weight excluding hydrogens is 186 g/mol. The summed E-state index contributed by atoms with van der Waals surface area (Å²) >= 11 is 0. The van der Waals surface area contributed by atoms with Gasteiger partial charge in [-0.3, -0.25) is 9.78 Å². The molecule has 1 aromatic rings. The number of ketones is 1. The summed E-state index contributed by atoms with van der Waals surface area (Å²) in [5.74, 6) is 0.203. The van der Waals surface area contributed by atoms with Gasteiger partial charge >= 0.3 is 0 Å². The molecule has 0 radical (unpaired) electrons. The SMILES string of the molecule is CCc1cc(C(C)C(C)=O)cc(CC)n1. The number of rotatable bonds is 4. The number of carbonyl (C=O) groups is 1. The number of hydrogen-bond acceptors (Lipinski definition) is 2. The van der Waals surface area contributed by atoms with Crippen LogP contribution in [0.1, 0.15) is 50.6 Å². The van der Waals surface area contributed by atoms with E-state index >= 15 is 0 Å². The van der Waals surface area contributed by atoms with E-state index in [1.807, 2.05) is 19.1 Å². The van der Waals surface area contributed by atoms with Gasteiger partial charge in [0.1, 0.15) is 5.78 Å². The molecule has 82 valence electrons. The standard InChI is InChI=1S/C13H19NO/c1-5-12-7-11(9(3)10(4)15)8-13(6-2)14-12/h7-9H,5-6H2,1-4H3. The average molecular weight is 205 g/mol. The normalized spacial score (nSPS) is 12.5. The highest BCUT2D eigenvalue weighted by molar-refractivity contribution is 5.82. The van der Waals surface area contributed by atoms with Gasteiger partial charge in [0, 0.05) is 17.3 Å². The number of aryl methyl sites for hydroxylation is 2. The van der Waals surface area contributed by atoms with Crippen molar-refractivity contribution in [1.29, 1.82) is 0 Å². The molecule has 1 atom stereocenters. The minimum absolute atomic E-state index is 0.0106. The van der Waals surface area contributed by atoms with Crippen molar-refractivity contribution in [3.63, 3.8) is 0 Å². The predicted molar refractivity (Wildman–Crippen MR) is 62.1 cm³/mol. The zero-order valence-electron chi connectivity index (χ0n) is 10.0. The molecule has 2 nitrogen and oxygen atoms in total. The highest BCUT2D eigenvalue weighted by Gasteiger charge is 2.12. The second kappa shape index (κ2) is 5.06. The van der Waals surface area contributed by atoms with Gasteiger partial charge in [0.05, 0.1) is 0 Å². The summed E-state index contributed by atoms with van der Waals surface area (Å²) in [4.78, 5) is 15.8. The zero-order valence-corrected chi connectivity index (χ0v) is 10.0. The molecular formula is C13H19NO. The Morgan fingerprint density at radius 1 is 1.27 bits per heavy atom. The smallest absolute Gasteiger partial charge is 0.136 e. The number of aromatic nitrogens is 1. The molecule has 0 saturated carbocycles. The molecule has 0 aliphatic carbocycles. The summed E-state index contributed by atoms with van der Waals surface area (Å²) in [5.41, 5.74) is 3.26. The lowest BCUT2D eigenvalue weighted by Crippen LogP contribution is -2.07. The number of carbonyl (C=O) groups excluding carboxylic acids is 1. The van der Waals surface area contributed by atoms with Crippen LogP contribution in [0, 0.1) is 0 Å². The lowest BCUT2D eigenvalue weighted by molar-refractivity contribution is -0.118. The first kappa shape index (κ1) is 11.9. The Morgan fingerprint density at radius 2 is 1.73 bits per heavy atom. The maximum absolute atomic E-state index is 11.3. The topological polar surface area (TPSA) is 30.0 Å². The Morgan fingerprint density at radius 3 is 2.07 bits per heavy atom. The molecule has 0 aliphatic rings. The van der Waals surface area contributed by atoms with Gasteiger partial charge in [-0.25, -0.2) is 0 Å². The van der Waals surface area contributed by atoms with Gasteiger partial charge in [0.15, 0.2) is 0 Å². The molecule has 2 heteroatoms. The summed E-state index contributed by atoms with van der Waals surface area (Å²) in [6.45, 7) is 7.77. The average Bonchev–Trinajstić information content (AvgIpc) is 2.27. The molecule has 0 aliphatic heterocycles. The maximum atomic E-state index is 11.3. The van der Waals surface area contributed by atoms with Crippen molar-refractivity contribution < 1.29 is 4.79 Å². The molecule has 0 fully saturated rings. The summed E-state index contributed by atoms with van der Waals surface area (Å²) in [6.07, 6.45) is 1.84. The number of nitrogens with zero attached hydrogens (tertiary/aromatic N) is 1. The molecule has 0 spiro atoms. The highest BCUT2D eigenvalue weighted by atomic mass is 16.1. The van der Waals surface area contributed by atoms with E-state index in [1.165, 1.54) is 0 Å². The van der Waals surface area contributed by atoms with E-state index < -0.39 is 0 Å². The van der Waals surface area contributed by atoms with Crippen molar-refractivity contribution in [3.05, 3.63) is 29.1 Å². The maximum Gasteiger partial charge on any atom is 0.136 e. The van der Waals surface area contributed by atoms with Crippen molar-refractivity contribution in [3.8, 4) is 0 Å². The first-order chi connectivity index (χ1) is 7.08. The van der Waals surface area contributed by atoms with Crippen LogP contribution in [0.3, 0.4) is 0 Å². The lowest BCUT2D eigenvalue weighted by atomic mass is 9.96. The van der Waals surface area contributed by atoms with E-state index in [-0.39, 0.29) is 11.7 Å². The van der Waals surface area contributed by atoms with Crippen LogP contribution in [0.15, 0.2) is 12.1 Å². The van der Waals surface area contributed by atoms with Crippen LogP contribution >= 0.6 is 0 Å².